The minimum Gasteiger partial charge on any atom is -0.340 e. The quantitative estimate of drug-likeness (QED) is 0.592. The monoisotopic (exact) mass is 395 g/mol. The number of anilines is 3. The molecule has 0 aliphatic carbocycles. The summed E-state index contributed by atoms with van der Waals surface area (Å²) in [5.74, 6) is 5.17. The van der Waals surface area contributed by atoms with Crippen LogP contribution in [0, 0.1) is 11.8 Å². The van der Waals surface area contributed by atoms with Crippen LogP contribution in [-0.4, -0.2) is 22.4 Å². The highest BCUT2D eigenvalue weighted by Crippen LogP contribution is 2.26. The van der Waals surface area contributed by atoms with Crippen LogP contribution in [0.3, 0.4) is 0 Å². The van der Waals surface area contributed by atoms with Gasteiger partial charge in [0, 0.05) is 21.2 Å². The summed E-state index contributed by atoms with van der Waals surface area (Å²) in [5.41, 5.74) is 7.52. The van der Waals surface area contributed by atoms with Crippen molar-refractivity contribution in [2.24, 2.45) is 5.73 Å². The maximum absolute atomic E-state index is 11.7. The third-order valence-electron chi connectivity index (χ3n) is 3.28. The normalized spacial score (nSPS) is 10.0. The number of aromatic nitrogens is 2. The van der Waals surface area contributed by atoms with Gasteiger partial charge in [-0.1, -0.05) is 27.9 Å². The molecule has 4 N–H and O–H groups in total. The molecule has 0 atom stereocenters. The molecule has 0 saturated heterocycles. The minimum absolute atomic E-state index is 0.139. The predicted molar refractivity (Wildman–Crippen MR) is 102 cm³/mol. The van der Waals surface area contributed by atoms with Gasteiger partial charge in [-0.25, -0.2) is 9.97 Å². The Kier molecular flexibility index (Phi) is 5.23. The number of fused-ring (bicyclic) bond motifs is 1. The molecule has 6 nitrogen and oxygen atoms in total. The van der Waals surface area contributed by atoms with Gasteiger partial charge >= 0.3 is 0 Å². The van der Waals surface area contributed by atoms with Crippen LogP contribution in [0.15, 0.2) is 53.3 Å². The number of carbonyl (C=O) groups is 1. The molecule has 2 aromatic carbocycles. The van der Waals surface area contributed by atoms with Gasteiger partial charge in [0.2, 0.25) is 0 Å². The van der Waals surface area contributed by atoms with Crippen LogP contribution >= 0.6 is 15.9 Å². The summed E-state index contributed by atoms with van der Waals surface area (Å²) in [7, 11) is 0. The molecule has 0 aliphatic heterocycles. The van der Waals surface area contributed by atoms with Gasteiger partial charge in [-0.05, 0) is 42.3 Å². The van der Waals surface area contributed by atoms with Crippen molar-refractivity contribution in [1.29, 1.82) is 0 Å². The predicted octanol–water partition coefficient (Wildman–Crippen LogP) is 3.04. The Morgan fingerprint density at radius 3 is 2.84 bits per heavy atom. The molecule has 3 aromatic rings. The van der Waals surface area contributed by atoms with E-state index in [9.17, 15) is 4.79 Å². The second-order valence-corrected chi connectivity index (χ2v) is 5.97. The fraction of sp³-hybridized carbons (Fsp3) is 0.0556. The summed E-state index contributed by atoms with van der Waals surface area (Å²) in [6, 6.07) is 13.1. The average Bonchev–Trinajstić information content (AvgIpc) is 2.60. The molecular weight excluding hydrogens is 382 g/mol. The number of hydrogen-bond donors (Lipinski definition) is 3. The first kappa shape index (κ1) is 16.9. The van der Waals surface area contributed by atoms with Crippen LogP contribution in [0.5, 0.6) is 0 Å². The molecule has 0 radical (unpaired) electrons. The van der Waals surface area contributed by atoms with Crippen LogP contribution in [-0.2, 0) is 4.79 Å². The largest absolute Gasteiger partial charge is 0.340 e. The van der Waals surface area contributed by atoms with Gasteiger partial charge < -0.3 is 16.4 Å². The lowest BCUT2D eigenvalue weighted by atomic mass is 10.2. The number of halogens is 1. The zero-order valence-corrected chi connectivity index (χ0v) is 14.7. The summed E-state index contributed by atoms with van der Waals surface area (Å²) >= 11 is 3.44. The zero-order chi connectivity index (χ0) is 17.6. The minimum atomic E-state index is -0.414. The van der Waals surface area contributed by atoms with E-state index in [0.717, 1.165) is 21.1 Å². The Morgan fingerprint density at radius 2 is 2.04 bits per heavy atom. The van der Waals surface area contributed by atoms with E-state index in [1.54, 1.807) is 12.1 Å². The van der Waals surface area contributed by atoms with Crippen LogP contribution in [0.25, 0.3) is 10.9 Å². The molecule has 3 rings (SSSR count). The van der Waals surface area contributed by atoms with Crippen molar-refractivity contribution in [3.63, 3.8) is 0 Å². The molecule has 0 unspecified atom stereocenters. The van der Waals surface area contributed by atoms with E-state index in [4.69, 9.17) is 5.73 Å². The number of hydrogen-bond acceptors (Lipinski definition) is 5. The number of amides is 1. The zero-order valence-electron chi connectivity index (χ0n) is 13.1. The third-order valence-corrected chi connectivity index (χ3v) is 3.78. The number of benzene rings is 2. The van der Waals surface area contributed by atoms with E-state index in [1.165, 1.54) is 6.33 Å². The summed E-state index contributed by atoms with van der Waals surface area (Å²) < 4.78 is 0.960. The van der Waals surface area contributed by atoms with Gasteiger partial charge in [-0.3, -0.25) is 4.79 Å². The highest BCUT2D eigenvalue weighted by Gasteiger charge is 2.07. The third kappa shape index (κ3) is 4.32. The van der Waals surface area contributed by atoms with Gasteiger partial charge in [0.25, 0.3) is 5.91 Å². The maximum Gasteiger partial charge on any atom is 0.300 e. The molecule has 124 valence electrons. The van der Waals surface area contributed by atoms with Gasteiger partial charge in [-0.2, -0.15) is 0 Å². The van der Waals surface area contributed by atoms with Gasteiger partial charge in [-0.15, -0.1) is 0 Å². The smallest absolute Gasteiger partial charge is 0.300 e. The number of nitrogens with two attached hydrogens (primary N) is 1. The van der Waals surface area contributed by atoms with Gasteiger partial charge in [0.05, 0.1) is 12.1 Å². The fourth-order valence-electron chi connectivity index (χ4n) is 2.23. The number of rotatable bonds is 3. The average molecular weight is 396 g/mol. The first-order valence-electron chi connectivity index (χ1n) is 7.43. The number of nitrogens with zero attached hydrogens (tertiary/aromatic N) is 2. The van der Waals surface area contributed by atoms with Crippen LogP contribution < -0.4 is 16.4 Å². The highest BCUT2D eigenvalue weighted by atomic mass is 79.9. The van der Waals surface area contributed by atoms with Crippen molar-refractivity contribution < 1.29 is 4.79 Å². The Morgan fingerprint density at radius 1 is 1.16 bits per heavy atom. The van der Waals surface area contributed by atoms with E-state index in [1.807, 2.05) is 30.3 Å². The summed E-state index contributed by atoms with van der Waals surface area (Å²) in [4.78, 5) is 20.3. The molecule has 1 heterocycles. The van der Waals surface area contributed by atoms with Gasteiger partial charge in [0.15, 0.2) is 0 Å². The lowest BCUT2D eigenvalue weighted by molar-refractivity contribution is -0.111. The van der Waals surface area contributed by atoms with Gasteiger partial charge in [0.1, 0.15) is 12.1 Å². The Bertz CT molecular complexity index is 993. The second kappa shape index (κ2) is 7.75. The standard InChI is InChI=1S/C18H14BrN5O/c19-12-3-1-4-13(9-12)24-18-15-10-14(23-17(25)5-2-8-20)6-7-16(15)21-11-22-18/h1,3-4,6-7,9-11H,8,20H2,(H,23,25)(H,21,22,24). The molecule has 7 heteroatoms. The first-order valence-corrected chi connectivity index (χ1v) is 8.22. The molecule has 0 saturated carbocycles. The lowest BCUT2D eigenvalue weighted by Crippen LogP contribution is -2.09. The summed E-state index contributed by atoms with van der Waals surface area (Å²) in [6.07, 6.45) is 1.49. The topological polar surface area (TPSA) is 92.9 Å². The molecule has 1 amide bonds. The van der Waals surface area contributed by atoms with E-state index in [-0.39, 0.29) is 6.54 Å². The van der Waals surface area contributed by atoms with E-state index < -0.39 is 5.91 Å². The molecule has 25 heavy (non-hydrogen) atoms. The van der Waals surface area contributed by atoms with Crippen molar-refractivity contribution >= 4 is 49.9 Å². The van der Waals surface area contributed by atoms with Crippen molar-refractivity contribution in [3.05, 3.63) is 53.3 Å². The van der Waals surface area contributed by atoms with E-state index >= 15 is 0 Å². The van der Waals surface area contributed by atoms with Crippen LogP contribution in [0.2, 0.25) is 0 Å². The van der Waals surface area contributed by atoms with Crippen molar-refractivity contribution in [1.82, 2.24) is 9.97 Å². The van der Waals surface area contributed by atoms with Crippen LogP contribution in [0.1, 0.15) is 0 Å². The molecule has 1 aromatic heterocycles. The molecule has 0 fully saturated rings. The molecule has 0 spiro atoms. The summed E-state index contributed by atoms with van der Waals surface area (Å²) in [6.45, 7) is 0.139. The van der Waals surface area contributed by atoms with E-state index in [2.05, 4.69) is 48.4 Å². The fourth-order valence-corrected chi connectivity index (χ4v) is 2.63. The number of carbonyl (C=O) groups excluding carboxylic acids is 1. The second-order valence-electron chi connectivity index (χ2n) is 5.05. The Labute approximate surface area is 153 Å². The SMILES string of the molecule is NCC#CC(=O)Nc1ccc2ncnc(Nc3cccc(Br)c3)c2c1. The molecular formula is C18H14BrN5O. The molecule has 0 aliphatic rings. The Hall–Kier alpha value is -2.95. The van der Waals surface area contributed by atoms with Crippen molar-refractivity contribution in [2.45, 2.75) is 0 Å². The lowest BCUT2D eigenvalue weighted by Gasteiger charge is -2.10. The van der Waals surface area contributed by atoms with Crippen molar-refractivity contribution in [3.8, 4) is 11.8 Å². The van der Waals surface area contributed by atoms with Crippen LogP contribution in [0.4, 0.5) is 17.2 Å². The Balaban J connectivity index is 1.93. The highest BCUT2D eigenvalue weighted by molar-refractivity contribution is 9.10. The first-order chi connectivity index (χ1) is 12.2. The van der Waals surface area contributed by atoms with Crippen molar-refractivity contribution in [2.75, 3.05) is 17.2 Å². The number of nitrogens with one attached hydrogen (secondary N) is 2. The van der Waals surface area contributed by atoms with E-state index in [0.29, 0.717) is 11.5 Å². The maximum atomic E-state index is 11.7. The summed E-state index contributed by atoms with van der Waals surface area (Å²) in [5, 5.41) is 6.76. The molecule has 0 bridgehead atoms.